The first kappa shape index (κ1) is 25.9. The van der Waals surface area contributed by atoms with E-state index in [1.54, 1.807) is 17.0 Å². The minimum atomic E-state index is -0.743. The molecule has 3 aromatic carbocycles. The number of ether oxygens (including phenoxy) is 1. The topological polar surface area (TPSA) is 58.6 Å². The minimum absolute atomic E-state index is 0.00291. The fourth-order valence-electron chi connectivity index (χ4n) is 3.73. The maximum atomic E-state index is 14.1. The number of amides is 2. The predicted octanol–water partition coefficient (Wildman–Crippen LogP) is 5.07. The monoisotopic (exact) mass is 476 g/mol. The van der Waals surface area contributed by atoms with Crippen LogP contribution in [0.3, 0.4) is 0 Å². The number of hydrogen-bond acceptors (Lipinski definition) is 3. The van der Waals surface area contributed by atoms with E-state index in [2.05, 4.69) is 12.2 Å². The number of carbonyl (C=O) groups excluding carboxylic acids is 2. The summed E-state index contributed by atoms with van der Waals surface area (Å²) in [4.78, 5) is 28.3. The normalized spacial score (nSPS) is 11.5. The van der Waals surface area contributed by atoms with E-state index in [4.69, 9.17) is 4.74 Å². The Bertz CT molecular complexity index is 1090. The fourth-order valence-corrected chi connectivity index (χ4v) is 3.73. The van der Waals surface area contributed by atoms with Crippen LogP contribution in [0.15, 0.2) is 78.9 Å². The van der Waals surface area contributed by atoms with Crippen molar-refractivity contribution in [1.82, 2.24) is 10.2 Å². The molecule has 0 heterocycles. The summed E-state index contributed by atoms with van der Waals surface area (Å²) in [5, 5.41) is 2.98. The molecule has 1 N–H and O–H groups in total. The molecule has 0 radical (unpaired) electrons. The summed E-state index contributed by atoms with van der Waals surface area (Å²) in [6.07, 6.45) is 2.16. The third kappa shape index (κ3) is 7.95. The number of nitrogens with one attached hydrogen (secondary N) is 1. The molecule has 3 rings (SSSR count). The van der Waals surface area contributed by atoms with Gasteiger partial charge in [-0.1, -0.05) is 85.6 Å². The van der Waals surface area contributed by atoms with Gasteiger partial charge in [0.2, 0.25) is 5.91 Å². The van der Waals surface area contributed by atoms with Gasteiger partial charge in [-0.2, -0.15) is 0 Å². The largest absolute Gasteiger partial charge is 0.481 e. The molecule has 0 saturated heterocycles. The zero-order valence-corrected chi connectivity index (χ0v) is 20.4. The molecule has 0 aromatic heterocycles. The van der Waals surface area contributed by atoms with Crippen molar-refractivity contribution >= 4 is 11.8 Å². The van der Waals surface area contributed by atoms with E-state index < -0.39 is 11.9 Å². The van der Waals surface area contributed by atoms with Crippen LogP contribution in [0.5, 0.6) is 5.75 Å². The zero-order chi connectivity index (χ0) is 25.0. The second-order valence-electron chi connectivity index (χ2n) is 8.58. The van der Waals surface area contributed by atoms with Crippen molar-refractivity contribution in [3.8, 4) is 5.75 Å². The Morgan fingerprint density at radius 3 is 2.31 bits per heavy atom. The van der Waals surface area contributed by atoms with Crippen molar-refractivity contribution in [2.75, 3.05) is 13.2 Å². The molecule has 0 saturated carbocycles. The molecule has 1 atom stereocenters. The van der Waals surface area contributed by atoms with Gasteiger partial charge in [0.25, 0.3) is 5.91 Å². The van der Waals surface area contributed by atoms with Crippen molar-refractivity contribution in [3.63, 3.8) is 0 Å². The summed E-state index contributed by atoms with van der Waals surface area (Å²) in [6.45, 7) is 4.45. The van der Waals surface area contributed by atoms with E-state index in [9.17, 15) is 14.0 Å². The Balaban J connectivity index is 1.88. The van der Waals surface area contributed by atoms with Crippen LogP contribution in [0.25, 0.3) is 0 Å². The maximum absolute atomic E-state index is 14.1. The molecule has 0 aliphatic heterocycles. The van der Waals surface area contributed by atoms with E-state index in [0.29, 0.717) is 13.0 Å². The number of rotatable bonds is 12. The number of unbranched alkanes of at least 4 members (excludes halogenated alkanes) is 1. The maximum Gasteiger partial charge on any atom is 0.261 e. The SMILES string of the molecule is CCCCNC(=O)[C@@H](Cc1ccccc1)N(Cc1ccc(C)cc1)C(=O)COc1ccccc1F. The average Bonchev–Trinajstić information content (AvgIpc) is 2.87. The number of carbonyl (C=O) groups is 2. The highest BCUT2D eigenvalue weighted by atomic mass is 19.1. The Morgan fingerprint density at radius 1 is 0.943 bits per heavy atom. The van der Waals surface area contributed by atoms with E-state index in [1.165, 1.54) is 12.1 Å². The number of para-hydroxylation sites is 1. The summed E-state index contributed by atoms with van der Waals surface area (Å²) >= 11 is 0. The number of hydrogen-bond donors (Lipinski definition) is 1. The Morgan fingerprint density at radius 2 is 1.63 bits per heavy atom. The van der Waals surface area contributed by atoms with Gasteiger partial charge in [-0.15, -0.1) is 0 Å². The van der Waals surface area contributed by atoms with Crippen LogP contribution in [-0.2, 0) is 22.6 Å². The smallest absolute Gasteiger partial charge is 0.261 e. The lowest BCUT2D eigenvalue weighted by Gasteiger charge is -2.31. The van der Waals surface area contributed by atoms with Gasteiger partial charge < -0.3 is 15.0 Å². The van der Waals surface area contributed by atoms with Gasteiger partial charge >= 0.3 is 0 Å². The van der Waals surface area contributed by atoms with Gasteiger partial charge in [0.05, 0.1) is 0 Å². The first-order valence-corrected chi connectivity index (χ1v) is 12.0. The molecular formula is C29H33FN2O3. The van der Waals surface area contributed by atoms with Crippen molar-refractivity contribution in [1.29, 1.82) is 0 Å². The summed E-state index contributed by atoms with van der Waals surface area (Å²) < 4.78 is 19.6. The van der Waals surface area contributed by atoms with Crippen LogP contribution in [0, 0.1) is 12.7 Å². The first-order valence-electron chi connectivity index (χ1n) is 12.0. The van der Waals surface area contributed by atoms with Gasteiger partial charge in [-0.05, 0) is 36.6 Å². The summed E-state index contributed by atoms with van der Waals surface area (Å²) in [5.41, 5.74) is 2.95. The Labute approximate surface area is 206 Å². The van der Waals surface area contributed by atoms with E-state index >= 15 is 0 Å². The standard InChI is InChI=1S/C29H33FN2O3/c1-3-4-18-31-29(34)26(19-23-10-6-5-7-11-23)32(20-24-16-14-22(2)15-17-24)28(33)21-35-27-13-9-8-12-25(27)30/h5-17,26H,3-4,18-21H2,1-2H3,(H,31,34)/t26-/m1/s1. The molecule has 0 aliphatic rings. The van der Waals surface area contributed by atoms with Crippen molar-refractivity contribution in [2.24, 2.45) is 0 Å². The molecule has 6 heteroatoms. The van der Waals surface area contributed by atoms with Gasteiger partial charge in [-0.25, -0.2) is 4.39 Å². The second kappa shape index (κ2) is 13.3. The lowest BCUT2D eigenvalue weighted by atomic mass is 10.0. The van der Waals surface area contributed by atoms with Crippen LogP contribution in [-0.4, -0.2) is 35.9 Å². The molecule has 5 nitrogen and oxygen atoms in total. The lowest BCUT2D eigenvalue weighted by molar-refractivity contribution is -0.142. The second-order valence-corrected chi connectivity index (χ2v) is 8.58. The Kier molecular flexibility index (Phi) is 9.84. The highest BCUT2D eigenvalue weighted by molar-refractivity contribution is 5.88. The highest BCUT2D eigenvalue weighted by Gasteiger charge is 2.30. The Hall–Kier alpha value is -3.67. The van der Waals surface area contributed by atoms with Gasteiger partial charge in [0.1, 0.15) is 6.04 Å². The molecule has 3 aromatic rings. The number of aryl methyl sites for hydroxylation is 1. The quantitative estimate of drug-likeness (QED) is 0.372. The molecule has 184 valence electrons. The fraction of sp³-hybridized carbons (Fsp3) is 0.310. The van der Waals surface area contributed by atoms with Crippen LogP contribution < -0.4 is 10.1 Å². The number of halogens is 1. The summed E-state index contributed by atoms with van der Waals surface area (Å²) in [6, 6.07) is 22.7. The van der Waals surface area contributed by atoms with Gasteiger partial charge in [0, 0.05) is 19.5 Å². The van der Waals surface area contributed by atoms with Gasteiger partial charge in [-0.3, -0.25) is 9.59 Å². The van der Waals surface area contributed by atoms with E-state index in [-0.39, 0.29) is 30.7 Å². The van der Waals surface area contributed by atoms with Crippen LogP contribution in [0.2, 0.25) is 0 Å². The van der Waals surface area contributed by atoms with Crippen molar-refractivity contribution in [2.45, 2.75) is 45.7 Å². The average molecular weight is 477 g/mol. The molecule has 0 fully saturated rings. The minimum Gasteiger partial charge on any atom is -0.481 e. The molecule has 0 unspecified atom stereocenters. The molecular weight excluding hydrogens is 443 g/mol. The number of nitrogens with zero attached hydrogens (tertiary/aromatic N) is 1. The van der Waals surface area contributed by atoms with E-state index in [1.807, 2.05) is 61.5 Å². The van der Waals surface area contributed by atoms with E-state index in [0.717, 1.165) is 29.5 Å². The first-order chi connectivity index (χ1) is 17.0. The summed E-state index contributed by atoms with van der Waals surface area (Å²) in [7, 11) is 0. The van der Waals surface area contributed by atoms with Crippen LogP contribution in [0.4, 0.5) is 4.39 Å². The van der Waals surface area contributed by atoms with Gasteiger partial charge in [0.15, 0.2) is 18.2 Å². The zero-order valence-electron chi connectivity index (χ0n) is 20.4. The third-order valence-electron chi connectivity index (χ3n) is 5.76. The molecule has 0 aliphatic carbocycles. The lowest BCUT2D eigenvalue weighted by Crippen LogP contribution is -2.51. The molecule has 0 bridgehead atoms. The number of benzene rings is 3. The van der Waals surface area contributed by atoms with Crippen molar-refractivity contribution in [3.05, 3.63) is 101 Å². The molecule has 2 amide bonds. The van der Waals surface area contributed by atoms with Crippen LogP contribution >= 0.6 is 0 Å². The summed E-state index contributed by atoms with van der Waals surface area (Å²) in [5.74, 6) is -1.14. The van der Waals surface area contributed by atoms with Crippen LogP contribution in [0.1, 0.15) is 36.5 Å². The molecule has 0 spiro atoms. The predicted molar refractivity (Wildman–Crippen MR) is 135 cm³/mol. The highest BCUT2D eigenvalue weighted by Crippen LogP contribution is 2.18. The van der Waals surface area contributed by atoms with Crippen molar-refractivity contribution < 1.29 is 18.7 Å². The molecule has 35 heavy (non-hydrogen) atoms. The third-order valence-corrected chi connectivity index (χ3v) is 5.76.